The van der Waals surface area contributed by atoms with E-state index in [0.29, 0.717) is 11.2 Å². The Morgan fingerprint density at radius 1 is 1.56 bits per heavy atom. The molecule has 0 aromatic rings. The first-order valence-electron chi connectivity index (χ1n) is 6.15. The minimum absolute atomic E-state index is 0.181. The molecule has 1 saturated carbocycles. The minimum atomic E-state index is 0.181. The Hall–Kier alpha value is -0.220. The Bertz CT molecular complexity index is 222. The molecular weight excluding hydrogens is 220 g/mol. The summed E-state index contributed by atoms with van der Waals surface area (Å²) in [6.07, 6.45) is 8.38. The van der Waals surface area contributed by atoms with Crippen molar-refractivity contribution in [1.29, 1.82) is 0 Å². The molecule has 16 heavy (non-hydrogen) atoms. The van der Waals surface area contributed by atoms with Gasteiger partial charge in [-0.3, -0.25) is 4.79 Å². The van der Waals surface area contributed by atoms with Gasteiger partial charge in [0.25, 0.3) is 0 Å². The summed E-state index contributed by atoms with van der Waals surface area (Å²) in [5, 5.41) is 3.05. The second kappa shape index (κ2) is 6.50. The topological polar surface area (TPSA) is 55.1 Å². The van der Waals surface area contributed by atoms with Crippen molar-refractivity contribution in [3.05, 3.63) is 0 Å². The zero-order valence-electron chi connectivity index (χ0n) is 10.4. The average molecular weight is 244 g/mol. The molecule has 1 atom stereocenters. The number of carbonyl (C=O) groups excluding carboxylic acids is 1. The number of hydrogen-bond acceptors (Lipinski definition) is 3. The third kappa shape index (κ3) is 4.34. The SMILES string of the molecule is CSC1(CNC(=O)CCCC(C)N)CCC1. The number of rotatable bonds is 7. The zero-order valence-corrected chi connectivity index (χ0v) is 11.2. The van der Waals surface area contributed by atoms with Gasteiger partial charge in [-0.25, -0.2) is 0 Å². The van der Waals surface area contributed by atoms with Crippen LogP contribution in [-0.2, 0) is 4.79 Å². The van der Waals surface area contributed by atoms with Gasteiger partial charge in [-0.05, 0) is 38.9 Å². The summed E-state index contributed by atoms with van der Waals surface area (Å²) < 4.78 is 0.344. The van der Waals surface area contributed by atoms with Gasteiger partial charge in [-0.2, -0.15) is 11.8 Å². The Kier molecular flexibility index (Phi) is 5.62. The Morgan fingerprint density at radius 3 is 2.69 bits per heavy atom. The molecule has 94 valence electrons. The lowest BCUT2D eigenvalue weighted by atomic mass is 9.84. The van der Waals surface area contributed by atoms with E-state index in [4.69, 9.17) is 5.73 Å². The van der Waals surface area contributed by atoms with Crippen LogP contribution >= 0.6 is 11.8 Å². The fraction of sp³-hybridized carbons (Fsp3) is 0.917. The van der Waals surface area contributed by atoms with E-state index in [-0.39, 0.29) is 11.9 Å². The molecule has 3 N–H and O–H groups in total. The molecule has 3 nitrogen and oxygen atoms in total. The molecule has 1 aliphatic carbocycles. The van der Waals surface area contributed by atoms with Crippen LogP contribution in [0.1, 0.15) is 45.4 Å². The smallest absolute Gasteiger partial charge is 0.220 e. The molecule has 0 radical (unpaired) electrons. The Labute approximate surface area is 103 Å². The monoisotopic (exact) mass is 244 g/mol. The van der Waals surface area contributed by atoms with Crippen LogP contribution in [0.5, 0.6) is 0 Å². The third-order valence-corrected chi connectivity index (χ3v) is 4.79. The quantitative estimate of drug-likeness (QED) is 0.719. The van der Waals surface area contributed by atoms with E-state index in [9.17, 15) is 4.79 Å². The fourth-order valence-electron chi connectivity index (χ4n) is 1.96. The Balaban J connectivity index is 2.10. The van der Waals surface area contributed by atoms with E-state index in [0.717, 1.165) is 19.4 Å². The number of thioether (sulfide) groups is 1. The number of nitrogens with one attached hydrogen (secondary N) is 1. The van der Waals surface area contributed by atoms with Crippen molar-refractivity contribution in [2.24, 2.45) is 5.73 Å². The van der Waals surface area contributed by atoms with Crippen LogP contribution in [0.2, 0.25) is 0 Å². The summed E-state index contributed by atoms with van der Waals surface area (Å²) in [6, 6.07) is 0.206. The van der Waals surface area contributed by atoms with Crippen molar-refractivity contribution < 1.29 is 4.79 Å². The van der Waals surface area contributed by atoms with Crippen molar-refractivity contribution in [3.63, 3.8) is 0 Å². The lowest BCUT2D eigenvalue weighted by Gasteiger charge is -2.40. The molecule has 0 bridgehead atoms. The third-order valence-electron chi connectivity index (χ3n) is 3.37. The van der Waals surface area contributed by atoms with Crippen LogP contribution < -0.4 is 11.1 Å². The predicted molar refractivity (Wildman–Crippen MR) is 70.6 cm³/mol. The van der Waals surface area contributed by atoms with Crippen molar-refractivity contribution in [1.82, 2.24) is 5.32 Å². The maximum absolute atomic E-state index is 11.6. The van der Waals surface area contributed by atoms with E-state index in [1.165, 1.54) is 19.3 Å². The van der Waals surface area contributed by atoms with Gasteiger partial charge in [0.15, 0.2) is 0 Å². The predicted octanol–water partition coefficient (Wildman–Crippen LogP) is 1.91. The van der Waals surface area contributed by atoms with Gasteiger partial charge in [0, 0.05) is 23.8 Å². The highest BCUT2D eigenvalue weighted by atomic mass is 32.2. The maximum atomic E-state index is 11.6. The van der Waals surface area contributed by atoms with Crippen molar-refractivity contribution >= 4 is 17.7 Å². The molecular formula is C12H24N2OS. The van der Waals surface area contributed by atoms with Gasteiger partial charge in [0.1, 0.15) is 0 Å². The lowest BCUT2D eigenvalue weighted by Crippen LogP contribution is -2.45. The summed E-state index contributed by atoms with van der Waals surface area (Å²) in [5.41, 5.74) is 5.64. The lowest BCUT2D eigenvalue weighted by molar-refractivity contribution is -0.121. The summed E-state index contributed by atoms with van der Waals surface area (Å²) in [5.74, 6) is 0.181. The largest absolute Gasteiger partial charge is 0.355 e. The van der Waals surface area contributed by atoms with E-state index in [2.05, 4.69) is 11.6 Å². The van der Waals surface area contributed by atoms with Gasteiger partial charge in [-0.15, -0.1) is 0 Å². The number of hydrogen-bond donors (Lipinski definition) is 2. The molecule has 0 aliphatic heterocycles. The van der Waals surface area contributed by atoms with Gasteiger partial charge >= 0.3 is 0 Å². The van der Waals surface area contributed by atoms with Crippen LogP contribution in [0.4, 0.5) is 0 Å². The molecule has 0 saturated heterocycles. The molecule has 0 heterocycles. The van der Waals surface area contributed by atoms with Crippen LogP contribution in [0, 0.1) is 0 Å². The standard InChI is InChI=1S/C12H24N2OS/c1-10(13)5-3-6-11(15)14-9-12(16-2)7-4-8-12/h10H,3-9,13H2,1-2H3,(H,14,15). The molecule has 1 unspecified atom stereocenters. The first kappa shape index (κ1) is 13.8. The van der Waals surface area contributed by atoms with Crippen LogP contribution in [0.25, 0.3) is 0 Å². The molecule has 4 heteroatoms. The summed E-state index contributed by atoms with van der Waals surface area (Å²) in [6.45, 7) is 2.82. The van der Waals surface area contributed by atoms with Crippen molar-refractivity contribution in [3.8, 4) is 0 Å². The molecule has 0 spiro atoms. The van der Waals surface area contributed by atoms with Gasteiger partial charge in [0.05, 0.1) is 0 Å². The van der Waals surface area contributed by atoms with Gasteiger partial charge < -0.3 is 11.1 Å². The van der Waals surface area contributed by atoms with Crippen molar-refractivity contribution in [2.45, 2.75) is 56.2 Å². The molecule has 1 aliphatic rings. The van der Waals surface area contributed by atoms with Gasteiger partial charge in [-0.1, -0.05) is 6.42 Å². The molecule has 0 aromatic carbocycles. The average Bonchev–Trinajstić information content (AvgIpc) is 2.16. The number of carbonyl (C=O) groups is 1. The van der Waals surface area contributed by atoms with Crippen molar-refractivity contribution in [2.75, 3.05) is 12.8 Å². The highest BCUT2D eigenvalue weighted by Gasteiger charge is 2.36. The summed E-state index contributed by atoms with van der Waals surface area (Å²) >= 11 is 1.90. The maximum Gasteiger partial charge on any atom is 0.220 e. The second-order valence-corrected chi connectivity index (χ2v) is 6.16. The highest BCUT2D eigenvalue weighted by Crippen LogP contribution is 2.42. The fourth-order valence-corrected chi connectivity index (χ4v) is 2.87. The minimum Gasteiger partial charge on any atom is -0.355 e. The van der Waals surface area contributed by atoms with Crippen LogP contribution in [0.3, 0.4) is 0 Å². The Morgan fingerprint density at radius 2 is 2.25 bits per heavy atom. The van der Waals surface area contributed by atoms with E-state index in [1.807, 2.05) is 18.7 Å². The first-order valence-corrected chi connectivity index (χ1v) is 7.38. The molecule has 1 amide bonds. The molecule has 1 rings (SSSR count). The second-order valence-electron chi connectivity index (χ2n) is 4.89. The highest BCUT2D eigenvalue weighted by molar-refractivity contribution is 8.00. The van der Waals surface area contributed by atoms with E-state index < -0.39 is 0 Å². The normalized spacial score (nSPS) is 19.9. The number of amides is 1. The first-order chi connectivity index (χ1) is 7.58. The number of nitrogens with two attached hydrogens (primary N) is 1. The summed E-state index contributed by atoms with van der Waals surface area (Å²) in [4.78, 5) is 11.6. The van der Waals surface area contributed by atoms with Gasteiger partial charge in [0.2, 0.25) is 5.91 Å². The van der Waals surface area contributed by atoms with Crippen LogP contribution in [0.15, 0.2) is 0 Å². The zero-order chi connectivity index (χ0) is 12.0. The molecule has 1 fully saturated rings. The van der Waals surface area contributed by atoms with Crippen LogP contribution in [-0.4, -0.2) is 29.5 Å². The van der Waals surface area contributed by atoms with E-state index in [1.54, 1.807) is 0 Å². The van der Waals surface area contributed by atoms with E-state index >= 15 is 0 Å². The molecule has 0 aromatic heterocycles. The summed E-state index contributed by atoms with van der Waals surface area (Å²) in [7, 11) is 0.